The topological polar surface area (TPSA) is 79.8 Å². The van der Waals surface area contributed by atoms with Gasteiger partial charge in [-0.3, -0.25) is 4.79 Å². The van der Waals surface area contributed by atoms with Gasteiger partial charge in [-0.1, -0.05) is 13.8 Å². The number of hydrogen-bond acceptors (Lipinski definition) is 3. The molecule has 0 spiro atoms. The first-order valence-electron chi connectivity index (χ1n) is 3.39. The van der Waals surface area contributed by atoms with E-state index < -0.39 is 23.4 Å². The van der Waals surface area contributed by atoms with Gasteiger partial charge in [0, 0.05) is 5.92 Å². The molecule has 0 saturated heterocycles. The zero-order chi connectivity index (χ0) is 9.72. The molecule has 0 aromatic rings. The molecule has 0 aromatic carbocycles. The van der Waals surface area contributed by atoms with Gasteiger partial charge in [-0.15, -0.1) is 0 Å². The number of hydrogen-bond donors (Lipinski definition) is 0. The summed E-state index contributed by atoms with van der Waals surface area (Å²) in [5, 5.41) is 0. The summed E-state index contributed by atoms with van der Waals surface area (Å²) < 4.78 is 4.22. The van der Waals surface area contributed by atoms with Crippen molar-refractivity contribution < 1.29 is 19.1 Å². The lowest BCUT2D eigenvalue weighted by molar-refractivity contribution is -0.140. The first kappa shape index (κ1) is 10.5. The summed E-state index contributed by atoms with van der Waals surface area (Å²) in [5.74, 6) is -1.85. The Bertz CT molecular complexity index is 251. The van der Waals surface area contributed by atoms with Crippen LogP contribution in [0.3, 0.4) is 0 Å². The normalized spacial score (nSPS) is 9.00. The minimum Gasteiger partial charge on any atom is -0.460 e. The highest BCUT2D eigenvalue weighted by atomic mass is 16.5. The molecular formula is C7H10N2O3. The molecule has 0 atom stereocenters. The molecule has 5 heteroatoms. The number of carbonyl (C=O) groups excluding carboxylic acids is 2. The van der Waals surface area contributed by atoms with Crippen molar-refractivity contribution in [2.24, 2.45) is 5.92 Å². The maximum atomic E-state index is 11.1. The molecule has 12 heavy (non-hydrogen) atoms. The van der Waals surface area contributed by atoms with Crippen LogP contribution < -0.4 is 0 Å². The molecule has 0 radical (unpaired) electrons. The van der Waals surface area contributed by atoms with Gasteiger partial charge >= 0.3 is 11.7 Å². The number of carbonyl (C=O) groups is 2. The van der Waals surface area contributed by atoms with Gasteiger partial charge in [0.05, 0.1) is 7.11 Å². The van der Waals surface area contributed by atoms with Crippen LogP contribution in [0.25, 0.3) is 5.53 Å². The molecule has 0 fully saturated rings. The lowest BCUT2D eigenvalue weighted by Crippen LogP contribution is -2.29. The summed E-state index contributed by atoms with van der Waals surface area (Å²) in [5.41, 5.74) is 7.75. The molecule has 0 heterocycles. The second-order valence-corrected chi connectivity index (χ2v) is 2.46. The minimum atomic E-state index is -0.920. The molecular weight excluding hydrogens is 160 g/mol. The third kappa shape index (κ3) is 2.29. The fraction of sp³-hybridized carbons (Fsp3) is 0.571. The fourth-order valence-electron chi connectivity index (χ4n) is 0.561. The van der Waals surface area contributed by atoms with E-state index in [0.29, 0.717) is 0 Å². The zero-order valence-electron chi connectivity index (χ0n) is 7.20. The van der Waals surface area contributed by atoms with Gasteiger partial charge < -0.3 is 10.3 Å². The highest BCUT2D eigenvalue weighted by Gasteiger charge is 2.32. The largest absolute Gasteiger partial charge is 0.460 e. The number of nitrogens with zero attached hydrogens (tertiary/aromatic N) is 2. The molecule has 5 nitrogen and oxygen atoms in total. The van der Waals surface area contributed by atoms with Crippen LogP contribution in [0, 0.1) is 5.92 Å². The molecule has 0 aliphatic carbocycles. The monoisotopic (exact) mass is 170 g/mol. The van der Waals surface area contributed by atoms with E-state index in [4.69, 9.17) is 5.53 Å². The first-order chi connectivity index (χ1) is 5.54. The Morgan fingerprint density at radius 1 is 1.42 bits per heavy atom. The summed E-state index contributed by atoms with van der Waals surface area (Å²) >= 11 is 0. The summed E-state index contributed by atoms with van der Waals surface area (Å²) in [7, 11) is 1.11. The lowest BCUT2D eigenvalue weighted by Gasteiger charge is -1.96. The van der Waals surface area contributed by atoms with Gasteiger partial charge in [-0.05, 0) is 0 Å². The van der Waals surface area contributed by atoms with Crippen molar-refractivity contribution in [1.29, 1.82) is 0 Å². The fourth-order valence-corrected chi connectivity index (χ4v) is 0.561. The second-order valence-electron chi connectivity index (χ2n) is 2.46. The van der Waals surface area contributed by atoms with Gasteiger partial charge in [0.25, 0.3) is 5.78 Å². The van der Waals surface area contributed by atoms with Crippen molar-refractivity contribution in [3.05, 3.63) is 5.53 Å². The zero-order valence-corrected chi connectivity index (χ0v) is 7.20. The van der Waals surface area contributed by atoms with E-state index in [1.165, 1.54) is 0 Å². The van der Waals surface area contributed by atoms with Crippen LogP contribution in [0.4, 0.5) is 0 Å². The molecule has 0 saturated carbocycles. The number of rotatable bonds is 3. The highest BCUT2D eigenvalue weighted by Crippen LogP contribution is 1.96. The van der Waals surface area contributed by atoms with Crippen LogP contribution in [0.15, 0.2) is 0 Å². The SMILES string of the molecule is COC(=O)C(=[N+]=[N-])C(=O)C(C)C. The van der Waals surface area contributed by atoms with Gasteiger partial charge in [0.15, 0.2) is 0 Å². The Kier molecular flexibility index (Phi) is 3.86. The molecule has 0 aliphatic heterocycles. The maximum Gasteiger partial charge on any atom is 0.441 e. The number of ketones is 1. The van der Waals surface area contributed by atoms with Crippen LogP contribution in [0.1, 0.15) is 13.8 Å². The van der Waals surface area contributed by atoms with Gasteiger partial charge in [-0.2, -0.15) is 4.79 Å². The van der Waals surface area contributed by atoms with E-state index in [2.05, 4.69) is 9.53 Å². The third-order valence-electron chi connectivity index (χ3n) is 1.24. The van der Waals surface area contributed by atoms with Crippen molar-refractivity contribution in [3.8, 4) is 0 Å². The van der Waals surface area contributed by atoms with Crippen molar-refractivity contribution in [2.75, 3.05) is 7.11 Å². The molecule has 66 valence electrons. The Labute approximate surface area is 69.9 Å². The molecule has 0 amide bonds. The Morgan fingerprint density at radius 2 is 1.92 bits per heavy atom. The van der Waals surface area contributed by atoms with E-state index in [1.54, 1.807) is 13.8 Å². The van der Waals surface area contributed by atoms with E-state index in [9.17, 15) is 9.59 Å². The Hall–Kier alpha value is -1.48. The number of Topliss-reactive ketones (excluding diaryl/α,β-unsaturated/α-hetero) is 1. The van der Waals surface area contributed by atoms with Crippen LogP contribution in [0.5, 0.6) is 0 Å². The summed E-state index contributed by atoms with van der Waals surface area (Å²) in [6, 6.07) is 0. The number of methoxy groups -OCH3 is 1. The van der Waals surface area contributed by atoms with Gasteiger partial charge in [-0.25, -0.2) is 4.79 Å². The number of esters is 1. The lowest BCUT2D eigenvalue weighted by atomic mass is 10.1. The van der Waals surface area contributed by atoms with Crippen LogP contribution in [0.2, 0.25) is 0 Å². The van der Waals surface area contributed by atoms with Crippen LogP contribution in [-0.2, 0) is 14.3 Å². The first-order valence-corrected chi connectivity index (χ1v) is 3.39. The van der Waals surface area contributed by atoms with Crippen molar-refractivity contribution in [2.45, 2.75) is 13.8 Å². The number of ether oxygens (including phenoxy) is 1. The molecule has 0 unspecified atom stereocenters. The predicted molar refractivity (Wildman–Crippen MR) is 40.5 cm³/mol. The predicted octanol–water partition coefficient (Wildman–Crippen LogP) is 0.0553. The minimum absolute atomic E-state index is 0.394. The van der Waals surface area contributed by atoms with Gasteiger partial charge in [0.2, 0.25) is 0 Å². The highest BCUT2D eigenvalue weighted by molar-refractivity contribution is 6.62. The smallest absolute Gasteiger partial charge is 0.441 e. The molecule has 0 N–H and O–H groups in total. The average Bonchev–Trinajstić information content (AvgIpc) is 2.05. The van der Waals surface area contributed by atoms with Crippen molar-refractivity contribution in [3.63, 3.8) is 0 Å². The van der Waals surface area contributed by atoms with Crippen molar-refractivity contribution in [1.82, 2.24) is 0 Å². The quantitative estimate of drug-likeness (QED) is 0.197. The van der Waals surface area contributed by atoms with Crippen molar-refractivity contribution >= 4 is 17.5 Å². The molecule has 0 bridgehead atoms. The van der Waals surface area contributed by atoms with E-state index in [0.717, 1.165) is 7.11 Å². The van der Waals surface area contributed by atoms with E-state index in [-0.39, 0.29) is 0 Å². The van der Waals surface area contributed by atoms with Crippen LogP contribution in [-0.4, -0.2) is 29.4 Å². The van der Waals surface area contributed by atoms with Gasteiger partial charge in [0.1, 0.15) is 0 Å². The summed E-state index contributed by atoms with van der Waals surface area (Å²) in [4.78, 5) is 24.4. The van der Waals surface area contributed by atoms with Crippen LogP contribution >= 0.6 is 0 Å². The standard InChI is InChI=1S/C7H10N2O3/c1-4(2)6(10)5(9-8)7(11)12-3/h4H,1-3H3. The second kappa shape index (κ2) is 4.41. The average molecular weight is 170 g/mol. The molecule has 0 aromatic heterocycles. The maximum absolute atomic E-state index is 11.1. The Morgan fingerprint density at radius 3 is 2.17 bits per heavy atom. The third-order valence-corrected chi connectivity index (χ3v) is 1.24. The summed E-state index contributed by atoms with van der Waals surface area (Å²) in [6.07, 6.45) is 0. The molecule has 0 aliphatic rings. The molecule has 0 rings (SSSR count). The van der Waals surface area contributed by atoms with E-state index in [1.807, 2.05) is 0 Å². The van der Waals surface area contributed by atoms with E-state index >= 15 is 0 Å². The Balaban J connectivity index is 4.72. The summed E-state index contributed by atoms with van der Waals surface area (Å²) in [6.45, 7) is 3.19.